The minimum absolute atomic E-state index is 0. The molecule has 1 aliphatic rings. The number of ether oxygens (including phenoxy) is 1. The van der Waals surface area contributed by atoms with Gasteiger partial charge in [-0.15, -0.1) is 24.0 Å². The van der Waals surface area contributed by atoms with Crippen molar-refractivity contribution >= 4 is 29.9 Å². The van der Waals surface area contributed by atoms with Gasteiger partial charge < -0.3 is 15.0 Å². The molecule has 0 aliphatic carbocycles. The highest BCUT2D eigenvalue weighted by atomic mass is 127. The van der Waals surface area contributed by atoms with Crippen molar-refractivity contribution in [3.05, 3.63) is 47.8 Å². The highest BCUT2D eigenvalue weighted by Gasteiger charge is 2.30. The molecule has 3 rings (SSSR count). The molecule has 0 spiro atoms. The van der Waals surface area contributed by atoms with Crippen molar-refractivity contribution < 1.29 is 17.9 Å². The van der Waals surface area contributed by atoms with Crippen molar-refractivity contribution in [1.29, 1.82) is 0 Å². The number of halogens is 4. The molecule has 0 bridgehead atoms. The summed E-state index contributed by atoms with van der Waals surface area (Å²) in [6.07, 6.45) is 0.664. The van der Waals surface area contributed by atoms with Crippen LogP contribution in [0.4, 0.5) is 13.2 Å². The lowest BCUT2D eigenvalue weighted by Gasteiger charge is -2.21. The topological polar surface area (TPSA) is 54.7 Å². The second-order valence-electron chi connectivity index (χ2n) is 6.99. The van der Waals surface area contributed by atoms with Crippen molar-refractivity contribution in [3.63, 3.8) is 0 Å². The van der Waals surface area contributed by atoms with Gasteiger partial charge in [0.2, 0.25) is 0 Å². The molecule has 1 aromatic heterocycles. The number of aromatic nitrogens is 2. The molecule has 1 N–H and O–H groups in total. The van der Waals surface area contributed by atoms with Crippen LogP contribution in [0.5, 0.6) is 5.75 Å². The van der Waals surface area contributed by atoms with Gasteiger partial charge in [0.05, 0.1) is 18.3 Å². The Morgan fingerprint density at radius 3 is 2.63 bits per heavy atom. The minimum Gasteiger partial charge on any atom is -0.492 e. The molecule has 6 nitrogen and oxygen atoms in total. The van der Waals surface area contributed by atoms with Crippen LogP contribution in [-0.2, 0) is 13.2 Å². The quantitative estimate of drug-likeness (QED) is 0.263. The first-order valence-corrected chi connectivity index (χ1v) is 9.68. The fraction of sp³-hybridized carbons (Fsp3) is 0.500. The average molecular weight is 537 g/mol. The Morgan fingerprint density at radius 2 is 2.03 bits per heavy atom. The van der Waals surface area contributed by atoms with E-state index in [1.54, 1.807) is 0 Å². The van der Waals surface area contributed by atoms with Crippen LogP contribution >= 0.6 is 24.0 Å². The van der Waals surface area contributed by atoms with Crippen LogP contribution in [0, 0.1) is 0 Å². The largest absolute Gasteiger partial charge is 0.492 e. The molecule has 2 heterocycles. The van der Waals surface area contributed by atoms with Crippen molar-refractivity contribution in [1.82, 2.24) is 20.0 Å². The highest BCUT2D eigenvalue weighted by Crippen LogP contribution is 2.30. The Bertz CT molecular complexity index is 823. The normalized spacial score (nSPS) is 17.0. The number of rotatable bonds is 6. The third-order valence-electron chi connectivity index (χ3n) is 4.82. The van der Waals surface area contributed by atoms with E-state index in [0.717, 1.165) is 44.1 Å². The van der Waals surface area contributed by atoms with Crippen LogP contribution in [-0.4, -0.2) is 53.4 Å². The second-order valence-corrected chi connectivity index (χ2v) is 6.99. The SMILES string of the molecule is CCNC(=NCCOc1ccc(C(F)(F)F)cc1)N1CCC(c2cnn(C)c2)C1.I. The Hall–Kier alpha value is -1.98. The molecule has 0 radical (unpaired) electrons. The molecule has 2 aromatic rings. The molecule has 0 amide bonds. The molecular formula is C20H27F3IN5O. The number of nitrogens with one attached hydrogen (secondary N) is 1. The van der Waals surface area contributed by atoms with Crippen LogP contribution in [0.25, 0.3) is 0 Å². The lowest BCUT2D eigenvalue weighted by molar-refractivity contribution is -0.137. The predicted molar refractivity (Wildman–Crippen MR) is 120 cm³/mol. The predicted octanol–water partition coefficient (Wildman–Crippen LogP) is 3.89. The summed E-state index contributed by atoms with van der Waals surface area (Å²) in [4.78, 5) is 6.83. The van der Waals surface area contributed by atoms with E-state index < -0.39 is 11.7 Å². The van der Waals surface area contributed by atoms with E-state index in [1.165, 1.54) is 17.7 Å². The fourth-order valence-electron chi connectivity index (χ4n) is 3.36. The summed E-state index contributed by atoms with van der Waals surface area (Å²) in [5.41, 5.74) is 0.547. The minimum atomic E-state index is -4.34. The van der Waals surface area contributed by atoms with Gasteiger partial charge in [-0.3, -0.25) is 4.68 Å². The van der Waals surface area contributed by atoms with Crippen molar-refractivity contribution in [2.45, 2.75) is 25.4 Å². The molecule has 1 atom stereocenters. The van der Waals surface area contributed by atoms with E-state index in [0.29, 0.717) is 24.8 Å². The summed E-state index contributed by atoms with van der Waals surface area (Å²) >= 11 is 0. The van der Waals surface area contributed by atoms with Gasteiger partial charge in [0.1, 0.15) is 12.4 Å². The summed E-state index contributed by atoms with van der Waals surface area (Å²) in [6, 6.07) is 4.70. The van der Waals surface area contributed by atoms with Crippen LogP contribution in [0.3, 0.4) is 0 Å². The first-order valence-electron chi connectivity index (χ1n) is 9.68. The van der Waals surface area contributed by atoms with E-state index in [-0.39, 0.29) is 24.0 Å². The van der Waals surface area contributed by atoms with Crippen LogP contribution in [0.1, 0.15) is 30.4 Å². The molecule has 166 valence electrons. The van der Waals surface area contributed by atoms with E-state index >= 15 is 0 Å². The molecule has 1 aliphatic heterocycles. The number of guanidine groups is 1. The van der Waals surface area contributed by atoms with Crippen LogP contribution in [0.2, 0.25) is 0 Å². The molecule has 30 heavy (non-hydrogen) atoms. The third kappa shape index (κ3) is 6.51. The number of aliphatic imine (C=N–C) groups is 1. The summed E-state index contributed by atoms with van der Waals surface area (Å²) in [5.74, 6) is 1.65. The van der Waals surface area contributed by atoms with E-state index in [4.69, 9.17) is 4.74 Å². The summed E-state index contributed by atoms with van der Waals surface area (Å²) in [5, 5.41) is 7.55. The molecule has 10 heteroatoms. The van der Waals surface area contributed by atoms with Gasteiger partial charge in [0.25, 0.3) is 0 Å². The Balaban J connectivity index is 0.00000320. The number of nitrogens with zero attached hydrogens (tertiary/aromatic N) is 4. The van der Waals surface area contributed by atoms with Crippen molar-refractivity contribution in [2.75, 3.05) is 32.8 Å². The standard InChI is InChI=1S/C20H26F3N5O.HI/c1-3-24-19(28-10-8-15(14-28)16-12-26-27(2)13-16)25-9-11-29-18-6-4-17(5-7-18)20(21,22)23;/h4-7,12-13,15H,3,8-11,14H2,1-2H3,(H,24,25);1H. The van der Waals surface area contributed by atoms with E-state index in [2.05, 4.69) is 26.5 Å². The van der Waals surface area contributed by atoms with Gasteiger partial charge in [0, 0.05) is 38.8 Å². The zero-order valence-corrected chi connectivity index (χ0v) is 19.4. The third-order valence-corrected chi connectivity index (χ3v) is 4.82. The fourth-order valence-corrected chi connectivity index (χ4v) is 3.36. The number of likely N-dealkylation sites (tertiary alicyclic amines) is 1. The maximum absolute atomic E-state index is 12.6. The maximum Gasteiger partial charge on any atom is 0.416 e. The Morgan fingerprint density at radius 1 is 1.30 bits per heavy atom. The number of hydrogen-bond donors (Lipinski definition) is 1. The van der Waals surface area contributed by atoms with Crippen LogP contribution < -0.4 is 10.1 Å². The molecular weight excluding hydrogens is 510 g/mol. The molecule has 1 fully saturated rings. The molecule has 1 saturated heterocycles. The van der Waals surface area contributed by atoms with Crippen LogP contribution in [0.15, 0.2) is 41.7 Å². The van der Waals surface area contributed by atoms with Crippen molar-refractivity contribution in [3.8, 4) is 5.75 Å². The van der Waals surface area contributed by atoms with Gasteiger partial charge in [0.15, 0.2) is 5.96 Å². The Kier molecular flexibility index (Phi) is 8.80. The number of alkyl halides is 3. The Labute approximate surface area is 191 Å². The molecule has 1 aromatic carbocycles. The summed E-state index contributed by atoms with van der Waals surface area (Å²) in [7, 11) is 1.92. The summed E-state index contributed by atoms with van der Waals surface area (Å²) < 4.78 is 45.1. The van der Waals surface area contributed by atoms with Gasteiger partial charge in [-0.2, -0.15) is 18.3 Å². The van der Waals surface area contributed by atoms with Crippen molar-refractivity contribution in [2.24, 2.45) is 12.0 Å². The first-order chi connectivity index (χ1) is 13.9. The lowest BCUT2D eigenvalue weighted by Crippen LogP contribution is -2.40. The average Bonchev–Trinajstić information content (AvgIpc) is 3.33. The first kappa shape index (κ1) is 24.3. The van der Waals surface area contributed by atoms with Gasteiger partial charge >= 0.3 is 6.18 Å². The smallest absolute Gasteiger partial charge is 0.416 e. The zero-order chi connectivity index (χ0) is 20.9. The molecule has 1 unspecified atom stereocenters. The number of benzene rings is 1. The summed E-state index contributed by atoms with van der Waals surface area (Å²) in [6.45, 7) is 5.26. The second kappa shape index (κ2) is 10.9. The maximum atomic E-state index is 12.6. The van der Waals surface area contributed by atoms with Gasteiger partial charge in [-0.25, -0.2) is 4.99 Å². The lowest BCUT2D eigenvalue weighted by atomic mass is 10.0. The van der Waals surface area contributed by atoms with Gasteiger partial charge in [-0.1, -0.05) is 0 Å². The van der Waals surface area contributed by atoms with E-state index in [1.807, 2.05) is 24.9 Å². The highest BCUT2D eigenvalue weighted by molar-refractivity contribution is 14.0. The zero-order valence-electron chi connectivity index (χ0n) is 17.0. The number of hydrogen-bond acceptors (Lipinski definition) is 3. The number of aryl methyl sites for hydroxylation is 1. The monoisotopic (exact) mass is 537 g/mol. The van der Waals surface area contributed by atoms with Gasteiger partial charge in [-0.05, 0) is 43.2 Å². The van der Waals surface area contributed by atoms with E-state index in [9.17, 15) is 13.2 Å². The molecule has 0 saturated carbocycles.